The first-order chi connectivity index (χ1) is 21.1. The smallest absolute Gasteiger partial charge is 0.310 e. The molecule has 3 aromatic carbocycles. The van der Waals surface area contributed by atoms with Crippen LogP contribution < -0.4 is 33.7 Å². The molecule has 1 fully saturated rings. The van der Waals surface area contributed by atoms with Crippen molar-refractivity contribution in [3.05, 3.63) is 64.2 Å². The second-order valence-corrected chi connectivity index (χ2v) is 12.6. The molecule has 6 rings (SSSR count). The second-order valence-electron chi connectivity index (χ2n) is 10.5. The highest BCUT2D eigenvalue weighted by atomic mass is 35.5. The van der Waals surface area contributed by atoms with Gasteiger partial charge in [-0.1, -0.05) is 11.6 Å². The fourth-order valence-electron chi connectivity index (χ4n) is 6.18. The number of amides is 1. The van der Waals surface area contributed by atoms with E-state index in [1.54, 1.807) is 24.3 Å². The number of fused-ring (bicyclic) bond motifs is 3. The third-order valence-electron chi connectivity index (χ3n) is 8.08. The lowest BCUT2D eigenvalue weighted by molar-refractivity contribution is -0.141. The summed E-state index contributed by atoms with van der Waals surface area (Å²) in [6.45, 7) is 1.30. The number of hydrogen-bond donors (Lipinski definition) is 2. The van der Waals surface area contributed by atoms with E-state index >= 15 is 0 Å². The number of ether oxygens (including phenoxy) is 6. The second kappa shape index (κ2) is 11.4. The van der Waals surface area contributed by atoms with E-state index in [0.29, 0.717) is 45.4 Å². The Morgan fingerprint density at radius 1 is 0.932 bits per heavy atom. The van der Waals surface area contributed by atoms with Gasteiger partial charge < -0.3 is 33.7 Å². The van der Waals surface area contributed by atoms with Crippen molar-refractivity contribution in [2.75, 3.05) is 40.0 Å². The Kier molecular flexibility index (Phi) is 7.72. The van der Waals surface area contributed by atoms with Crippen molar-refractivity contribution in [3.63, 3.8) is 0 Å². The van der Waals surface area contributed by atoms with Crippen LogP contribution in [0, 0.1) is 11.8 Å². The van der Waals surface area contributed by atoms with E-state index in [1.165, 1.54) is 46.5 Å². The number of benzene rings is 3. The van der Waals surface area contributed by atoms with Crippen LogP contribution in [0.25, 0.3) is 0 Å². The summed E-state index contributed by atoms with van der Waals surface area (Å²) < 4.78 is 64.0. The van der Waals surface area contributed by atoms with Crippen molar-refractivity contribution in [2.45, 2.75) is 23.8 Å². The Labute approximate surface area is 258 Å². The summed E-state index contributed by atoms with van der Waals surface area (Å²) >= 11 is 6.30. The first kappa shape index (κ1) is 29.9. The van der Waals surface area contributed by atoms with Gasteiger partial charge in [-0.15, -0.1) is 0 Å². The van der Waals surface area contributed by atoms with Crippen LogP contribution >= 0.6 is 11.6 Å². The van der Waals surface area contributed by atoms with Crippen molar-refractivity contribution in [1.82, 2.24) is 4.72 Å². The lowest BCUT2D eigenvalue weighted by Gasteiger charge is -2.39. The molecule has 1 amide bonds. The molecule has 2 N–H and O–H groups in total. The van der Waals surface area contributed by atoms with Gasteiger partial charge in [-0.05, 0) is 59.2 Å². The standard InChI is InChI=1S/C30H29ClN2O10S/c1-14(34)32-21-6-5-16(9-20(21)31)44(36,37)33-28-18-11-23-22(42-13-43-23)10-17(18)26(27-19(28)12-41-30(27)35)15-7-24(38-2)29(40-4)25(8-15)39-3/h5-11,19,26-28,33H,12-13H2,1-4H3,(H,32,34)/t19-,26+,27-,28+/m0/s1. The number of esters is 1. The highest BCUT2D eigenvalue weighted by Crippen LogP contribution is 2.56. The largest absolute Gasteiger partial charge is 0.493 e. The predicted octanol–water partition coefficient (Wildman–Crippen LogP) is 4.01. The maximum absolute atomic E-state index is 13.8. The number of cyclic esters (lactones) is 1. The average Bonchev–Trinajstić information content (AvgIpc) is 3.62. The summed E-state index contributed by atoms with van der Waals surface area (Å²) in [5.41, 5.74) is 2.19. The lowest BCUT2D eigenvalue weighted by Crippen LogP contribution is -2.42. The zero-order valence-electron chi connectivity index (χ0n) is 24.1. The summed E-state index contributed by atoms with van der Waals surface area (Å²) in [5.74, 6) is -0.673. The third kappa shape index (κ3) is 5.04. The molecule has 0 radical (unpaired) electrons. The Balaban J connectivity index is 1.49. The molecular weight excluding hydrogens is 616 g/mol. The fraction of sp³-hybridized carbons (Fsp3) is 0.333. The zero-order valence-corrected chi connectivity index (χ0v) is 25.7. The SMILES string of the molecule is COc1cc([C@@H]2c3cc4c(cc3[C@@H](NS(=O)(=O)c3ccc(NC(C)=O)c(Cl)c3)[C@H]3COC(=O)[C@H]23)OCO4)cc(OC)c1OC. The van der Waals surface area contributed by atoms with Crippen LogP contribution in [0.2, 0.25) is 5.02 Å². The van der Waals surface area contributed by atoms with E-state index < -0.39 is 39.8 Å². The minimum Gasteiger partial charge on any atom is -0.493 e. The topological polar surface area (TPSA) is 148 Å². The van der Waals surface area contributed by atoms with Gasteiger partial charge >= 0.3 is 5.97 Å². The van der Waals surface area contributed by atoms with Crippen molar-refractivity contribution < 1.29 is 46.4 Å². The summed E-state index contributed by atoms with van der Waals surface area (Å²) in [6, 6.07) is 10.2. The third-order valence-corrected chi connectivity index (χ3v) is 9.83. The van der Waals surface area contributed by atoms with Crippen LogP contribution in [0.15, 0.2) is 47.4 Å². The zero-order chi connectivity index (χ0) is 31.3. The van der Waals surface area contributed by atoms with Crippen LogP contribution in [0.3, 0.4) is 0 Å². The highest BCUT2D eigenvalue weighted by molar-refractivity contribution is 7.89. The molecule has 1 aliphatic carbocycles. The first-order valence-electron chi connectivity index (χ1n) is 13.6. The molecule has 44 heavy (non-hydrogen) atoms. The van der Waals surface area contributed by atoms with Crippen molar-refractivity contribution in [3.8, 4) is 28.7 Å². The van der Waals surface area contributed by atoms with Gasteiger partial charge in [-0.2, -0.15) is 0 Å². The van der Waals surface area contributed by atoms with Gasteiger partial charge in [0.2, 0.25) is 28.5 Å². The summed E-state index contributed by atoms with van der Waals surface area (Å²) in [7, 11) is 0.303. The Morgan fingerprint density at radius 3 is 2.18 bits per heavy atom. The number of rotatable bonds is 8. The first-order valence-corrected chi connectivity index (χ1v) is 15.4. The van der Waals surface area contributed by atoms with Crippen molar-refractivity contribution in [1.29, 1.82) is 0 Å². The molecule has 14 heteroatoms. The van der Waals surface area contributed by atoms with Gasteiger partial charge in [0.15, 0.2) is 23.0 Å². The summed E-state index contributed by atoms with van der Waals surface area (Å²) in [6.07, 6.45) is 0. The van der Waals surface area contributed by atoms with Crippen LogP contribution in [0.4, 0.5) is 5.69 Å². The van der Waals surface area contributed by atoms with Crippen LogP contribution in [0.5, 0.6) is 28.7 Å². The molecule has 0 saturated carbocycles. The monoisotopic (exact) mass is 644 g/mol. The number of methoxy groups -OCH3 is 3. The van der Waals surface area contributed by atoms with Gasteiger partial charge in [0.1, 0.15) is 0 Å². The van der Waals surface area contributed by atoms with E-state index in [1.807, 2.05) is 0 Å². The number of carbonyl (C=O) groups excluding carboxylic acids is 2. The van der Waals surface area contributed by atoms with Gasteiger partial charge in [0, 0.05) is 18.8 Å². The fourth-order valence-corrected chi connectivity index (χ4v) is 7.77. The number of anilines is 1. The van der Waals surface area contributed by atoms with Crippen LogP contribution in [0.1, 0.15) is 35.6 Å². The van der Waals surface area contributed by atoms with Gasteiger partial charge in [0.25, 0.3) is 0 Å². The summed E-state index contributed by atoms with van der Waals surface area (Å²) in [4.78, 5) is 24.8. The molecule has 0 spiro atoms. The van der Waals surface area contributed by atoms with E-state index in [0.717, 1.165) is 0 Å². The van der Waals surface area contributed by atoms with E-state index in [9.17, 15) is 18.0 Å². The molecule has 3 aromatic rings. The molecule has 0 bridgehead atoms. The number of nitrogens with one attached hydrogen (secondary N) is 2. The molecule has 0 aromatic heterocycles. The number of hydrogen-bond acceptors (Lipinski definition) is 10. The van der Waals surface area contributed by atoms with Gasteiger partial charge in [-0.25, -0.2) is 13.1 Å². The lowest BCUT2D eigenvalue weighted by atomic mass is 9.65. The molecule has 3 aliphatic rings. The number of sulfonamides is 1. The van der Waals surface area contributed by atoms with Crippen LogP contribution in [-0.2, 0) is 24.3 Å². The molecular formula is C30H29ClN2O10S. The molecule has 4 atom stereocenters. The minimum atomic E-state index is -4.20. The van der Waals surface area contributed by atoms with Crippen molar-refractivity contribution in [2.24, 2.45) is 11.8 Å². The molecule has 2 heterocycles. The molecule has 2 aliphatic heterocycles. The maximum atomic E-state index is 13.8. The molecule has 1 saturated heterocycles. The van der Waals surface area contributed by atoms with Gasteiger partial charge in [0.05, 0.1) is 55.5 Å². The molecule has 12 nitrogen and oxygen atoms in total. The van der Waals surface area contributed by atoms with Crippen LogP contribution in [-0.4, -0.2) is 55.0 Å². The Bertz CT molecular complexity index is 1750. The normalized spacial score (nSPS) is 21.6. The maximum Gasteiger partial charge on any atom is 0.310 e. The molecule has 232 valence electrons. The average molecular weight is 645 g/mol. The van der Waals surface area contributed by atoms with Gasteiger partial charge in [-0.3, -0.25) is 9.59 Å². The van der Waals surface area contributed by atoms with E-state index in [4.69, 9.17) is 40.0 Å². The molecule has 0 unspecified atom stereocenters. The predicted molar refractivity (Wildman–Crippen MR) is 157 cm³/mol. The van der Waals surface area contributed by atoms with E-state index in [-0.39, 0.29) is 34.9 Å². The minimum absolute atomic E-state index is 0.00247. The number of halogens is 1. The van der Waals surface area contributed by atoms with E-state index in [2.05, 4.69) is 10.0 Å². The highest BCUT2D eigenvalue weighted by Gasteiger charge is 2.53. The van der Waals surface area contributed by atoms with Crippen molar-refractivity contribution >= 4 is 39.2 Å². The quantitative estimate of drug-likeness (QED) is 0.345. The Hall–Kier alpha value is -4.20. The number of carbonyl (C=O) groups is 2. The summed E-state index contributed by atoms with van der Waals surface area (Å²) in [5, 5.41) is 2.61. The Morgan fingerprint density at radius 2 is 1.59 bits per heavy atom.